The number of rotatable bonds is 8. The van der Waals surface area contributed by atoms with Gasteiger partial charge in [-0.25, -0.2) is 5.43 Å². The lowest BCUT2D eigenvalue weighted by molar-refractivity contribution is -0.123. The Labute approximate surface area is 171 Å². The lowest BCUT2D eigenvalue weighted by Crippen LogP contribution is -2.42. The number of hydrogen-bond donors (Lipinski definition) is 1. The van der Waals surface area contributed by atoms with Crippen LogP contribution in [0.5, 0.6) is 11.5 Å². The first-order valence-corrected chi connectivity index (χ1v) is 9.64. The van der Waals surface area contributed by atoms with E-state index in [9.17, 15) is 4.79 Å². The fourth-order valence-corrected chi connectivity index (χ4v) is 3.31. The van der Waals surface area contributed by atoms with Gasteiger partial charge in [0.05, 0.1) is 32.1 Å². The molecule has 154 valence electrons. The van der Waals surface area contributed by atoms with Crippen LogP contribution in [0.1, 0.15) is 18.5 Å². The smallest absolute Gasteiger partial charge is 0.277 e. The first-order valence-electron chi connectivity index (χ1n) is 9.64. The molecular formula is C22H27N3O4. The van der Waals surface area contributed by atoms with Gasteiger partial charge in [-0.3, -0.25) is 9.69 Å². The van der Waals surface area contributed by atoms with E-state index >= 15 is 0 Å². The highest BCUT2D eigenvalue weighted by Gasteiger charge is 2.25. The Balaban J connectivity index is 1.64. The second-order valence-electron chi connectivity index (χ2n) is 6.69. The Kier molecular flexibility index (Phi) is 7.61. The molecule has 0 spiro atoms. The van der Waals surface area contributed by atoms with Crippen LogP contribution < -0.4 is 14.9 Å². The molecule has 0 unspecified atom stereocenters. The number of amides is 1. The van der Waals surface area contributed by atoms with Gasteiger partial charge >= 0.3 is 0 Å². The van der Waals surface area contributed by atoms with Crippen molar-refractivity contribution in [2.75, 3.05) is 40.0 Å². The number of morpholine rings is 1. The summed E-state index contributed by atoms with van der Waals surface area (Å²) in [4.78, 5) is 14.6. The molecule has 3 rings (SSSR count). The van der Waals surface area contributed by atoms with Crippen LogP contribution in [0.2, 0.25) is 0 Å². The molecule has 7 nitrogen and oxygen atoms in total. The number of ether oxygens (including phenoxy) is 3. The second-order valence-corrected chi connectivity index (χ2v) is 6.69. The third-order valence-electron chi connectivity index (χ3n) is 4.71. The van der Waals surface area contributed by atoms with E-state index in [-0.39, 0.29) is 18.6 Å². The number of hydrogen-bond acceptors (Lipinski definition) is 6. The molecule has 0 radical (unpaired) electrons. The molecule has 1 amide bonds. The summed E-state index contributed by atoms with van der Waals surface area (Å²) >= 11 is 0. The van der Waals surface area contributed by atoms with Gasteiger partial charge in [0.15, 0.2) is 18.1 Å². The molecule has 1 aliphatic heterocycles. The van der Waals surface area contributed by atoms with Crippen LogP contribution in [0.15, 0.2) is 59.7 Å². The summed E-state index contributed by atoms with van der Waals surface area (Å²) in [6.07, 6.45) is 0. The van der Waals surface area contributed by atoms with Crippen molar-refractivity contribution in [1.82, 2.24) is 10.3 Å². The normalized spacial score (nSPS) is 16.1. The third kappa shape index (κ3) is 5.79. The molecule has 2 aromatic carbocycles. The number of para-hydroxylation sites is 2. The molecule has 1 fully saturated rings. The molecule has 1 heterocycles. The molecular weight excluding hydrogens is 370 g/mol. The van der Waals surface area contributed by atoms with E-state index < -0.39 is 0 Å². The lowest BCUT2D eigenvalue weighted by atomic mass is 10.0. The molecule has 1 atom stereocenters. The van der Waals surface area contributed by atoms with E-state index in [4.69, 9.17) is 14.2 Å². The summed E-state index contributed by atoms with van der Waals surface area (Å²) in [5.74, 6) is 0.766. The van der Waals surface area contributed by atoms with E-state index in [0.29, 0.717) is 24.7 Å². The van der Waals surface area contributed by atoms with Crippen molar-refractivity contribution in [3.05, 3.63) is 60.2 Å². The van der Waals surface area contributed by atoms with E-state index in [1.165, 1.54) is 0 Å². The van der Waals surface area contributed by atoms with Crippen molar-refractivity contribution in [2.24, 2.45) is 5.10 Å². The lowest BCUT2D eigenvalue weighted by Gasteiger charge is -2.34. The van der Waals surface area contributed by atoms with E-state index in [2.05, 4.69) is 27.6 Å². The second kappa shape index (κ2) is 10.6. The third-order valence-corrected chi connectivity index (χ3v) is 4.71. The molecule has 1 saturated heterocycles. The van der Waals surface area contributed by atoms with Crippen LogP contribution in [0, 0.1) is 0 Å². The van der Waals surface area contributed by atoms with Gasteiger partial charge in [-0.1, -0.05) is 42.5 Å². The van der Waals surface area contributed by atoms with Gasteiger partial charge in [-0.2, -0.15) is 5.10 Å². The molecule has 2 aromatic rings. The zero-order valence-electron chi connectivity index (χ0n) is 16.8. The zero-order valence-corrected chi connectivity index (χ0v) is 16.8. The summed E-state index contributed by atoms with van der Waals surface area (Å²) in [5.41, 5.74) is 4.55. The Morgan fingerprint density at radius 3 is 2.45 bits per heavy atom. The Morgan fingerprint density at radius 1 is 1.10 bits per heavy atom. The molecule has 0 saturated carbocycles. The van der Waals surface area contributed by atoms with Crippen LogP contribution in [0.3, 0.4) is 0 Å². The van der Waals surface area contributed by atoms with Crippen LogP contribution in [-0.2, 0) is 9.53 Å². The number of nitrogens with zero attached hydrogens (tertiary/aromatic N) is 2. The zero-order chi connectivity index (χ0) is 20.5. The average Bonchev–Trinajstić information content (AvgIpc) is 2.78. The SMILES string of the molecule is COc1ccccc1OCC(=O)N/N=C(/C)[C@@H](c1ccccc1)N1CCOCC1. The fourth-order valence-electron chi connectivity index (χ4n) is 3.31. The Morgan fingerprint density at radius 2 is 1.76 bits per heavy atom. The van der Waals surface area contributed by atoms with Gasteiger partial charge in [0.25, 0.3) is 5.91 Å². The van der Waals surface area contributed by atoms with Gasteiger partial charge in [0.1, 0.15) is 0 Å². The summed E-state index contributed by atoms with van der Waals surface area (Å²) in [6, 6.07) is 17.3. The fraction of sp³-hybridized carbons (Fsp3) is 0.364. The summed E-state index contributed by atoms with van der Waals surface area (Å²) in [7, 11) is 1.56. The molecule has 0 aromatic heterocycles. The summed E-state index contributed by atoms with van der Waals surface area (Å²) in [5, 5.41) is 4.35. The molecule has 7 heteroatoms. The topological polar surface area (TPSA) is 72.4 Å². The summed E-state index contributed by atoms with van der Waals surface area (Å²) < 4.78 is 16.3. The van der Waals surface area contributed by atoms with E-state index in [1.807, 2.05) is 37.3 Å². The predicted octanol–water partition coefficient (Wildman–Crippen LogP) is 2.64. The Bertz CT molecular complexity index is 820. The number of nitrogens with one attached hydrogen (secondary N) is 1. The highest BCUT2D eigenvalue weighted by atomic mass is 16.5. The van der Waals surface area contributed by atoms with Crippen molar-refractivity contribution in [3.63, 3.8) is 0 Å². The van der Waals surface area contributed by atoms with Gasteiger partial charge in [-0.05, 0) is 24.6 Å². The van der Waals surface area contributed by atoms with Crippen LogP contribution in [-0.4, -0.2) is 56.5 Å². The van der Waals surface area contributed by atoms with Gasteiger partial charge < -0.3 is 14.2 Å². The quantitative estimate of drug-likeness (QED) is 0.548. The predicted molar refractivity (Wildman–Crippen MR) is 111 cm³/mol. The molecule has 29 heavy (non-hydrogen) atoms. The first-order chi connectivity index (χ1) is 14.2. The van der Waals surface area contributed by atoms with Gasteiger partial charge in [0, 0.05) is 13.1 Å². The number of hydrazone groups is 1. The molecule has 1 N–H and O–H groups in total. The number of carbonyl (C=O) groups excluding carboxylic acids is 1. The maximum atomic E-state index is 12.2. The number of carbonyl (C=O) groups is 1. The summed E-state index contributed by atoms with van der Waals surface area (Å²) in [6.45, 7) is 4.79. The van der Waals surface area contributed by atoms with Crippen LogP contribution in [0.4, 0.5) is 0 Å². The number of methoxy groups -OCH3 is 1. The maximum absolute atomic E-state index is 12.2. The van der Waals surface area contributed by atoms with Crippen molar-refractivity contribution < 1.29 is 19.0 Å². The van der Waals surface area contributed by atoms with Crippen molar-refractivity contribution >= 4 is 11.6 Å². The number of benzene rings is 2. The first kappa shape index (κ1) is 20.8. The highest BCUT2D eigenvalue weighted by Crippen LogP contribution is 2.26. The maximum Gasteiger partial charge on any atom is 0.277 e. The average molecular weight is 397 g/mol. The van der Waals surface area contributed by atoms with E-state index in [0.717, 1.165) is 24.4 Å². The van der Waals surface area contributed by atoms with Crippen molar-refractivity contribution in [3.8, 4) is 11.5 Å². The van der Waals surface area contributed by atoms with Crippen LogP contribution >= 0.6 is 0 Å². The minimum atomic E-state index is -0.330. The Hall–Kier alpha value is -2.90. The molecule has 0 bridgehead atoms. The monoisotopic (exact) mass is 397 g/mol. The van der Waals surface area contributed by atoms with E-state index in [1.54, 1.807) is 19.2 Å². The van der Waals surface area contributed by atoms with Gasteiger partial charge in [-0.15, -0.1) is 0 Å². The van der Waals surface area contributed by atoms with Crippen LogP contribution in [0.25, 0.3) is 0 Å². The van der Waals surface area contributed by atoms with Crippen molar-refractivity contribution in [1.29, 1.82) is 0 Å². The van der Waals surface area contributed by atoms with Crippen molar-refractivity contribution in [2.45, 2.75) is 13.0 Å². The molecule has 1 aliphatic rings. The largest absolute Gasteiger partial charge is 0.493 e. The minimum Gasteiger partial charge on any atom is -0.493 e. The van der Waals surface area contributed by atoms with Gasteiger partial charge in [0.2, 0.25) is 0 Å². The highest BCUT2D eigenvalue weighted by molar-refractivity contribution is 5.90. The minimum absolute atomic E-state index is 0.0180. The standard InChI is InChI=1S/C22H27N3O4/c1-17(22(18-8-4-3-5-9-18)25-12-14-28-15-13-25)23-24-21(26)16-29-20-11-7-6-10-19(20)27-2/h3-11,22H,12-16H2,1-2H3,(H,24,26)/b23-17-/t22-/m0/s1. The molecule has 0 aliphatic carbocycles.